The molecule has 1 aliphatic rings. The van der Waals surface area contributed by atoms with Crippen LogP contribution >= 0.6 is 0 Å². The predicted molar refractivity (Wildman–Crippen MR) is 75.5 cm³/mol. The van der Waals surface area contributed by atoms with Crippen LogP contribution in [-0.2, 0) is 25.3 Å². The minimum atomic E-state index is -3.67. The molecule has 21 heavy (non-hydrogen) atoms. The number of methoxy groups -OCH3 is 1. The Hall–Kier alpha value is -1.91. The molecule has 0 spiro atoms. The highest BCUT2D eigenvalue weighted by Gasteiger charge is 2.39. The van der Waals surface area contributed by atoms with Crippen LogP contribution in [0.15, 0.2) is 24.3 Å². The fourth-order valence-corrected chi connectivity index (χ4v) is 4.28. The molecule has 1 aromatic carbocycles. The van der Waals surface area contributed by atoms with Gasteiger partial charge in [-0.3, -0.25) is 4.79 Å². The van der Waals surface area contributed by atoms with Crippen LogP contribution in [0.2, 0.25) is 0 Å². The normalized spacial score (nSPS) is 19.1. The minimum Gasteiger partial charge on any atom is -0.468 e. The van der Waals surface area contributed by atoms with Crippen LogP contribution in [0.25, 0.3) is 0 Å². The zero-order chi connectivity index (χ0) is 15.5. The van der Waals surface area contributed by atoms with Gasteiger partial charge in [0, 0.05) is 6.54 Å². The lowest BCUT2D eigenvalue weighted by Gasteiger charge is -2.22. The van der Waals surface area contributed by atoms with Crippen molar-refractivity contribution in [2.45, 2.75) is 24.6 Å². The summed E-state index contributed by atoms with van der Waals surface area (Å²) in [5.74, 6) is -0.825. The molecule has 7 heteroatoms. The molecular formula is C14H16N2O4S. The maximum absolute atomic E-state index is 12.5. The molecular weight excluding hydrogens is 292 g/mol. The molecule has 0 N–H and O–H groups in total. The molecule has 0 saturated carbocycles. The van der Waals surface area contributed by atoms with E-state index in [9.17, 15) is 13.2 Å². The van der Waals surface area contributed by atoms with E-state index in [1.54, 1.807) is 24.3 Å². The van der Waals surface area contributed by atoms with E-state index < -0.39 is 22.0 Å². The highest BCUT2D eigenvalue weighted by atomic mass is 32.2. The molecule has 1 unspecified atom stereocenters. The van der Waals surface area contributed by atoms with E-state index in [1.807, 2.05) is 6.07 Å². The number of benzene rings is 1. The van der Waals surface area contributed by atoms with E-state index in [0.29, 0.717) is 30.5 Å². The van der Waals surface area contributed by atoms with Gasteiger partial charge in [0.15, 0.2) is 0 Å². The molecule has 1 aromatic rings. The molecule has 0 bridgehead atoms. The highest BCUT2D eigenvalue weighted by molar-refractivity contribution is 7.88. The Morgan fingerprint density at radius 2 is 2.19 bits per heavy atom. The molecule has 2 rings (SSSR count). The topological polar surface area (TPSA) is 87.5 Å². The number of ether oxygens (including phenoxy) is 1. The fourth-order valence-electron chi connectivity index (χ4n) is 2.48. The average Bonchev–Trinajstić information content (AvgIpc) is 2.97. The molecule has 112 valence electrons. The van der Waals surface area contributed by atoms with Crippen LogP contribution in [-0.4, -0.2) is 38.4 Å². The number of nitriles is 1. The molecule has 1 heterocycles. The summed E-state index contributed by atoms with van der Waals surface area (Å²) in [5.41, 5.74) is 0.769. The van der Waals surface area contributed by atoms with Gasteiger partial charge in [0.25, 0.3) is 0 Å². The second kappa shape index (κ2) is 6.24. The van der Waals surface area contributed by atoms with Gasteiger partial charge in [-0.2, -0.15) is 9.57 Å². The van der Waals surface area contributed by atoms with Crippen molar-refractivity contribution in [3.05, 3.63) is 35.4 Å². The van der Waals surface area contributed by atoms with Crippen molar-refractivity contribution in [3.8, 4) is 6.07 Å². The lowest BCUT2D eigenvalue weighted by molar-refractivity contribution is -0.144. The van der Waals surface area contributed by atoms with Crippen molar-refractivity contribution in [2.75, 3.05) is 13.7 Å². The third kappa shape index (κ3) is 3.23. The van der Waals surface area contributed by atoms with Crippen molar-refractivity contribution >= 4 is 16.0 Å². The largest absolute Gasteiger partial charge is 0.468 e. The first-order chi connectivity index (χ1) is 9.99. The maximum atomic E-state index is 12.5. The Labute approximate surface area is 124 Å². The van der Waals surface area contributed by atoms with Gasteiger partial charge in [0.1, 0.15) is 6.04 Å². The van der Waals surface area contributed by atoms with Gasteiger partial charge in [-0.1, -0.05) is 18.2 Å². The van der Waals surface area contributed by atoms with Crippen LogP contribution in [0.4, 0.5) is 0 Å². The molecule has 1 atom stereocenters. The van der Waals surface area contributed by atoms with E-state index in [2.05, 4.69) is 4.74 Å². The number of sulfonamides is 1. The second-order valence-corrected chi connectivity index (χ2v) is 6.74. The van der Waals surface area contributed by atoms with Gasteiger partial charge in [-0.15, -0.1) is 0 Å². The molecule has 0 aromatic heterocycles. The zero-order valence-electron chi connectivity index (χ0n) is 11.7. The number of carbonyl (C=O) groups excluding carboxylic acids is 1. The number of rotatable bonds is 4. The summed E-state index contributed by atoms with van der Waals surface area (Å²) in [6.07, 6.45) is 1.09. The third-order valence-electron chi connectivity index (χ3n) is 3.51. The smallest absolute Gasteiger partial charge is 0.324 e. The summed E-state index contributed by atoms with van der Waals surface area (Å²) >= 11 is 0. The van der Waals surface area contributed by atoms with Gasteiger partial charge >= 0.3 is 5.97 Å². The van der Waals surface area contributed by atoms with Crippen LogP contribution in [0.3, 0.4) is 0 Å². The molecule has 0 amide bonds. The van der Waals surface area contributed by atoms with Crippen LogP contribution in [0.1, 0.15) is 24.0 Å². The van der Waals surface area contributed by atoms with E-state index in [4.69, 9.17) is 5.26 Å². The SMILES string of the molecule is COC(=O)C1CCCN1S(=O)(=O)Cc1ccccc1C#N. The molecule has 6 nitrogen and oxygen atoms in total. The lowest BCUT2D eigenvalue weighted by atomic mass is 10.1. The van der Waals surface area contributed by atoms with E-state index >= 15 is 0 Å². The summed E-state index contributed by atoms with van der Waals surface area (Å²) < 4.78 is 30.9. The first kappa shape index (κ1) is 15.5. The fraction of sp³-hybridized carbons (Fsp3) is 0.429. The summed E-state index contributed by atoms with van der Waals surface area (Å²) in [7, 11) is -2.42. The van der Waals surface area contributed by atoms with Crippen molar-refractivity contribution < 1.29 is 17.9 Å². The monoisotopic (exact) mass is 308 g/mol. The summed E-state index contributed by atoms with van der Waals surface area (Å²) in [6, 6.07) is 7.78. The van der Waals surface area contributed by atoms with Crippen molar-refractivity contribution in [1.29, 1.82) is 5.26 Å². The quantitative estimate of drug-likeness (QED) is 0.775. The maximum Gasteiger partial charge on any atom is 0.324 e. The van der Waals surface area contributed by atoms with Gasteiger partial charge in [-0.05, 0) is 24.5 Å². The molecule has 0 aliphatic carbocycles. The standard InChI is InChI=1S/C14H16N2O4S/c1-20-14(17)13-7-4-8-16(13)21(18,19)10-12-6-3-2-5-11(12)9-15/h2-3,5-6,13H,4,7-8,10H2,1H3. The van der Waals surface area contributed by atoms with E-state index in [-0.39, 0.29) is 5.75 Å². The van der Waals surface area contributed by atoms with Crippen molar-refractivity contribution in [1.82, 2.24) is 4.31 Å². The Morgan fingerprint density at radius 1 is 1.48 bits per heavy atom. The first-order valence-corrected chi connectivity index (χ1v) is 8.16. The summed E-state index contributed by atoms with van der Waals surface area (Å²) in [6.45, 7) is 0.302. The number of nitrogens with zero attached hydrogens (tertiary/aromatic N) is 2. The second-order valence-electron chi connectivity index (χ2n) is 4.82. The summed E-state index contributed by atoms with van der Waals surface area (Å²) in [5, 5.41) is 9.03. The Balaban J connectivity index is 2.26. The predicted octanol–water partition coefficient (Wildman–Crippen LogP) is 1.03. The van der Waals surface area contributed by atoms with Crippen LogP contribution < -0.4 is 0 Å². The van der Waals surface area contributed by atoms with Crippen molar-refractivity contribution in [3.63, 3.8) is 0 Å². The molecule has 0 radical (unpaired) electrons. The third-order valence-corrected chi connectivity index (χ3v) is 5.34. The van der Waals surface area contributed by atoms with Crippen molar-refractivity contribution in [2.24, 2.45) is 0 Å². The number of carbonyl (C=O) groups is 1. The van der Waals surface area contributed by atoms with Gasteiger partial charge in [0.05, 0.1) is 24.5 Å². The molecule has 1 fully saturated rings. The van der Waals surface area contributed by atoms with E-state index in [0.717, 1.165) is 0 Å². The molecule has 1 aliphatic heterocycles. The number of esters is 1. The molecule has 1 saturated heterocycles. The summed E-state index contributed by atoms with van der Waals surface area (Å²) in [4.78, 5) is 11.7. The van der Waals surface area contributed by atoms with Gasteiger partial charge < -0.3 is 4.74 Å². The van der Waals surface area contributed by atoms with Gasteiger partial charge in [-0.25, -0.2) is 8.42 Å². The van der Waals surface area contributed by atoms with Crippen LogP contribution in [0, 0.1) is 11.3 Å². The zero-order valence-corrected chi connectivity index (χ0v) is 12.5. The first-order valence-electron chi connectivity index (χ1n) is 6.55. The Morgan fingerprint density at radius 3 is 2.86 bits per heavy atom. The average molecular weight is 308 g/mol. The van der Waals surface area contributed by atoms with Gasteiger partial charge in [0.2, 0.25) is 10.0 Å². The van der Waals surface area contributed by atoms with E-state index in [1.165, 1.54) is 11.4 Å². The Bertz CT molecular complexity index is 678. The lowest BCUT2D eigenvalue weighted by Crippen LogP contribution is -2.41. The number of hydrogen-bond acceptors (Lipinski definition) is 5. The number of hydrogen-bond donors (Lipinski definition) is 0. The highest BCUT2D eigenvalue weighted by Crippen LogP contribution is 2.25. The Kier molecular flexibility index (Phi) is 4.60. The van der Waals surface area contributed by atoms with Crippen LogP contribution in [0.5, 0.6) is 0 Å². The minimum absolute atomic E-state index is 0.287.